The Morgan fingerprint density at radius 3 is 2.31 bits per heavy atom. The van der Waals surface area contributed by atoms with Crippen molar-refractivity contribution in [2.24, 2.45) is 0 Å². The summed E-state index contributed by atoms with van der Waals surface area (Å²) in [6, 6.07) is 0.411. The lowest BCUT2D eigenvalue weighted by atomic mass is 10.0. The van der Waals surface area contributed by atoms with Crippen LogP contribution in [0.15, 0.2) is 0 Å². The summed E-state index contributed by atoms with van der Waals surface area (Å²) in [6.07, 6.45) is 7.17. The van der Waals surface area contributed by atoms with E-state index < -0.39 is 0 Å². The lowest BCUT2D eigenvalue weighted by molar-refractivity contribution is -0.119. The molecule has 0 spiro atoms. The molecule has 0 aromatic carbocycles. The Hall–Kier alpha value is -0.530. The molecule has 1 atom stereocenters. The second-order valence-electron chi connectivity index (χ2n) is 3.68. The average molecular weight is 185 g/mol. The first kappa shape index (κ1) is 12.5. The lowest BCUT2D eigenvalue weighted by Gasteiger charge is -2.16. The molecule has 0 fully saturated rings. The van der Waals surface area contributed by atoms with E-state index in [1.54, 1.807) is 6.92 Å². The normalized spacial score (nSPS) is 12.5. The van der Waals surface area contributed by atoms with Gasteiger partial charge in [-0.3, -0.25) is 4.79 Å². The first-order valence-electron chi connectivity index (χ1n) is 5.47. The quantitative estimate of drug-likeness (QED) is 0.607. The number of hydrogen-bond acceptors (Lipinski definition) is 1. The summed E-state index contributed by atoms with van der Waals surface area (Å²) >= 11 is 0. The molecule has 2 heteroatoms. The maximum Gasteiger partial charge on any atom is 0.217 e. The van der Waals surface area contributed by atoms with Crippen LogP contribution in [0.5, 0.6) is 0 Å². The summed E-state index contributed by atoms with van der Waals surface area (Å²) in [6.45, 7) is 5.96. The molecule has 0 bridgehead atoms. The minimum Gasteiger partial charge on any atom is -0.354 e. The van der Waals surface area contributed by atoms with Crippen molar-refractivity contribution < 1.29 is 4.79 Å². The number of unbranched alkanes of at least 4 members (excludes halogenated alkanes) is 2. The number of rotatable bonds is 7. The maximum absolute atomic E-state index is 10.9. The van der Waals surface area contributed by atoms with Gasteiger partial charge in [-0.15, -0.1) is 0 Å². The summed E-state index contributed by atoms with van der Waals surface area (Å²) in [7, 11) is 0. The fourth-order valence-electron chi connectivity index (χ4n) is 1.57. The molecule has 13 heavy (non-hydrogen) atoms. The average Bonchev–Trinajstić information content (AvgIpc) is 2.04. The van der Waals surface area contributed by atoms with Gasteiger partial charge in [-0.1, -0.05) is 39.5 Å². The van der Waals surface area contributed by atoms with Gasteiger partial charge < -0.3 is 5.32 Å². The molecular formula is C11H23NO. The van der Waals surface area contributed by atoms with Gasteiger partial charge in [0.25, 0.3) is 0 Å². The lowest BCUT2D eigenvalue weighted by Crippen LogP contribution is -2.32. The minimum atomic E-state index is 0.106. The second-order valence-corrected chi connectivity index (χ2v) is 3.68. The molecule has 0 rings (SSSR count). The van der Waals surface area contributed by atoms with Gasteiger partial charge in [-0.25, -0.2) is 0 Å². The van der Waals surface area contributed by atoms with Crippen molar-refractivity contribution in [3.05, 3.63) is 0 Å². The van der Waals surface area contributed by atoms with Crippen molar-refractivity contribution >= 4 is 5.91 Å². The molecule has 78 valence electrons. The predicted molar refractivity (Wildman–Crippen MR) is 56.7 cm³/mol. The van der Waals surface area contributed by atoms with Crippen molar-refractivity contribution in [1.82, 2.24) is 5.32 Å². The Kier molecular flexibility index (Phi) is 7.76. The zero-order chi connectivity index (χ0) is 10.1. The number of carbonyl (C=O) groups is 1. The SMILES string of the molecule is CCCCCC(CCC)NC(C)=O. The van der Waals surface area contributed by atoms with E-state index in [0.29, 0.717) is 6.04 Å². The van der Waals surface area contributed by atoms with Gasteiger partial charge in [0.1, 0.15) is 0 Å². The van der Waals surface area contributed by atoms with E-state index in [1.807, 2.05) is 0 Å². The zero-order valence-corrected chi connectivity index (χ0v) is 9.23. The summed E-state index contributed by atoms with van der Waals surface area (Å²) in [4.78, 5) is 10.9. The second kappa shape index (κ2) is 8.09. The van der Waals surface area contributed by atoms with E-state index in [9.17, 15) is 4.79 Å². The Bertz CT molecular complexity index is 134. The molecule has 0 aromatic rings. The Labute approximate surface area is 82.1 Å². The largest absolute Gasteiger partial charge is 0.354 e. The van der Waals surface area contributed by atoms with Crippen molar-refractivity contribution in [2.75, 3.05) is 0 Å². The van der Waals surface area contributed by atoms with E-state index in [4.69, 9.17) is 0 Å². The highest BCUT2D eigenvalue weighted by atomic mass is 16.1. The highest BCUT2D eigenvalue weighted by Gasteiger charge is 2.07. The summed E-state index contributed by atoms with van der Waals surface area (Å²) in [5, 5.41) is 3.00. The van der Waals surface area contributed by atoms with Gasteiger partial charge in [-0.2, -0.15) is 0 Å². The van der Waals surface area contributed by atoms with Crippen LogP contribution in [-0.4, -0.2) is 11.9 Å². The van der Waals surface area contributed by atoms with E-state index >= 15 is 0 Å². The van der Waals surface area contributed by atoms with Gasteiger partial charge in [0.2, 0.25) is 5.91 Å². The third-order valence-corrected chi connectivity index (χ3v) is 2.20. The maximum atomic E-state index is 10.9. The predicted octanol–water partition coefficient (Wildman–Crippen LogP) is 2.87. The first-order chi connectivity index (χ1) is 6.20. The first-order valence-corrected chi connectivity index (χ1v) is 5.47. The summed E-state index contributed by atoms with van der Waals surface area (Å²) < 4.78 is 0. The Balaban J connectivity index is 3.59. The van der Waals surface area contributed by atoms with E-state index in [-0.39, 0.29) is 5.91 Å². The van der Waals surface area contributed by atoms with Crippen molar-refractivity contribution in [1.29, 1.82) is 0 Å². The van der Waals surface area contributed by atoms with E-state index in [2.05, 4.69) is 19.2 Å². The number of amides is 1. The van der Waals surface area contributed by atoms with Crippen LogP contribution in [0.4, 0.5) is 0 Å². The fraction of sp³-hybridized carbons (Fsp3) is 0.909. The van der Waals surface area contributed by atoms with Gasteiger partial charge in [0.15, 0.2) is 0 Å². The zero-order valence-electron chi connectivity index (χ0n) is 9.23. The highest BCUT2D eigenvalue weighted by Crippen LogP contribution is 2.08. The van der Waals surface area contributed by atoms with Crippen LogP contribution < -0.4 is 5.32 Å². The molecule has 0 heterocycles. The Morgan fingerprint density at radius 2 is 1.85 bits per heavy atom. The molecule has 0 aliphatic carbocycles. The third-order valence-electron chi connectivity index (χ3n) is 2.20. The van der Waals surface area contributed by atoms with Crippen LogP contribution in [-0.2, 0) is 4.79 Å². The summed E-state index contributed by atoms with van der Waals surface area (Å²) in [5.41, 5.74) is 0. The molecule has 0 radical (unpaired) electrons. The molecule has 0 saturated heterocycles. The van der Waals surface area contributed by atoms with Crippen LogP contribution >= 0.6 is 0 Å². The standard InChI is InChI=1S/C11H23NO/c1-4-6-7-9-11(8-5-2)12-10(3)13/h11H,4-9H2,1-3H3,(H,12,13). The van der Waals surface area contributed by atoms with Crippen molar-refractivity contribution in [3.8, 4) is 0 Å². The molecular weight excluding hydrogens is 162 g/mol. The number of hydrogen-bond donors (Lipinski definition) is 1. The molecule has 0 aliphatic rings. The fourth-order valence-corrected chi connectivity index (χ4v) is 1.57. The van der Waals surface area contributed by atoms with Gasteiger partial charge in [0.05, 0.1) is 0 Å². The minimum absolute atomic E-state index is 0.106. The van der Waals surface area contributed by atoms with Gasteiger partial charge in [0, 0.05) is 13.0 Å². The van der Waals surface area contributed by atoms with Crippen LogP contribution in [0, 0.1) is 0 Å². The van der Waals surface area contributed by atoms with Crippen LogP contribution in [0.3, 0.4) is 0 Å². The van der Waals surface area contributed by atoms with E-state index in [1.165, 1.54) is 19.3 Å². The van der Waals surface area contributed by atoms with Crippen LogP contribution in [0.25, 0.3) is 0 Å². The molecule has 2 nitrogen and oxygen atoms in total. The molecule has 0 aliphatic heterocycles. The summed E-state index contributed by atoms with van der Waals surface area (Å²) in [5.74, 6) is 0.106. The van der Waals surface area contributed by atoms with Crippen molar-refractivity contribution in [2.45, 2.75) is 65.3 Å². The van der Waals surface area contributed by atoms with Gasteiger partial charge in [-0.05, 0) is 12.8 Å². The van der Waals surface area contributed by atoms with E-state index in [0.717, 1.165) is 19.3 Å². The molecule has 0 saturated carbocycles. The molecule has 1 unspecified atom stereocenters. The van der Waals surface area contributed by atoms with Crippen LogP contribution in [0.2, 0.25) is 0 Å². The monoisotopic (exact) mass is 185 g/mol. The number of nitrogens with one attached hydrogen (secondary N) is 1. The third kappa shape index (κ3) is 7.82. The van der Waals surface area contributed by atoms with Crippen molar-refractivity contribution in [3.63, 3.8) is 0 Å². The Morgan fingerprint density at radius 1 is 1.15 bits per heavy atom. The highest BCUT2D eigenvalue weighted by molar-refractivity contribution is 5.73. The molecule has 0 aromatic heterocycles. The van der Waals surface area contributed by atoms with Crippen LogP contribution in [0.1, 0.15) is 59.3 Å². The number of carbonyl (C=O) groups excluding carboxylic acids is 1. The topological polar surface area (TPSA) is 29.1 Å². The van der Waals surface area contributed by atoms with Gasteiger partial charge >= 0.3 is 0 Å². The molecule has 1 amide bonds. The smallest absolute Gasteiger partial charge is 0.217 e. The molecule has 1 N–H and O–H groups in total.